The van der Waals surface area contributed by atoms with Crippen molar-refractivity contribution in [3.05, 3.63) is 41.6 Å². The van der Waals surface area contributed by atoms with Crippen molar-refractivity contribution in [1.82, 2.24) is 15.3 Å². The smallest absolute Gasteiger partial charge is 0.319 e. The van der Waals surface area contributed by atoms with E-state index in [0.29, 0.717) is 19.0 Å². The van der Waals surface area contributed by atoms with Crippen molar-refractivity contribution in [1.29, 1.82) is 0 Å². The maximum absolute atomic E-state index is 12.1. The maximum atomic E-state index is 12.1. The summed E-state index contributed by atoms with van der Waals surface area (Å²) in [4.78, 5) is 23.5. The summed E-state index contributed by atoms with van der Waals surface area (Å²) in [6.07, 6.45) is 4.60. The van der Waals surface area contributed by atoms with Crippen LogP contribution in [0.5, 0.6) is 0 Å². The summed E-state index contributed by atoms with van der Waals surface area (Å²) in [5.74, 6) is 1.59. The van der Waals surface area contributed by atoms with Gasteiger partial charge in [-0.25, -0.2) is 9.78 Å². The normalized spacial score (nSPS) is 13.9. The quantitative estimate of drug-likeness (QED) is 0.638. The number of nitrogens with zero attached hydrogens (tertiary/aromatic N) is 3. The van der Waals surface area contributed by atoms with Crippen LogP contribution in [0.15, 0.2) is 30.3 Å². The fourth-order valence-corrected chi connectivity index (χ4v) is 3.38. The molecule has 0 radical (unpaired) electrons. The van der Waals surface area contributed by atoms with Crippen molar-refractivity contribution < 1.29 is 4.79 Å². The molecule has 0 saturated carbocycles. The van der Waals surface area contributed by atoms with Gasteiger partial charge in [-0.1, -0.05) is 25.1 Å². The van der Waals surface area contributed by atoms with Crippen LogP contribution in [-0.2, 0) is 6.42 Å². The van der Waals surface area contributed by atoms with E-state index in [0.717, 1.165) is 42.3 Å². The number of para-hydroxylation sites is 1. The molecule has 0 spiro atoms. The molecule has 0 unspecified atom stereocenters. The second-order valence-electron chi connectivity index (χ2n) is 7.06. The molecule has 2 amide bonds. The fraction of sp³-hybridized carbons (Fsp3) is 0.476. The summed E-state index contributed by atoms with van der Waals surface area (Å²) in [5.41, 5.74) is 2.91. The van der Waals surface area contributed by atoms with E-state index < -0.39 is 0 Å². The van der Waals surface area contributed by atoms with Crippen molar-refractivity contribution in [3.63, 3.8) is 0 Å². The van der Waals surface area contributed by atoms with Gasteiger partial charge in [0.15, 0.2) is 0 Å². The van der Waals surface area contributed by atoms with Crippen LogP contribution in [0, 0.1) is 6.92 Å². The number of rotatable bonds is 7. The first kappa shape index (κ1) is 19.9. The van der Waals surface area contributed by atoms with Gasteiger partial charge in [0.1, 0.15) is 5.82 Å². The molecule has 7 nitrogen and oxygen atoms in total. The third-order valence-electron chi connectivity index (χ3n) is 4.86. The highest BCUT2D eigenvalue weighted by atomic mass is 16.2. The van der Waals surface area contributed by atoms with Gasteiger partial charge in [-0.15, -0.1) is 0 Å². The summed E-state index contributed by atoms with van der Waals surface area (Å²) in [6.45, 7) is 7.20. The van der Waals surface area contributed by atoms with Gasteiger partial charge in [0.05, 0.1) is 0 Å². The van der Waals surface area contributed by atoms with Crippen LogP contribution in [-0.4, -0.2) is 42.2 Å². The average Bonchev–Trinajstić information content (AvgIpc) is 2.72. The van der Waals surface area contributed by atoms with Crippen molar-refractivity contribution in [3.8, 4) is 0 Å². The Balaban J connectivity index is 1.47. The Bertz CT molecular complexity index is 788. The number of urea groups is 1. The number of hydrogen-bond acceptors (Lipinski definition) is 5. The lowest BCUT2D eigenvalue weighted by Crippen LogP contribution is -2.33. The molecule has 1 saturated heterocycles. The fourth-order valence-electron chi connectivity index (χ4n) is 3.38. The summed E-state index contributed by atoms with van der Waals surface area (Å²) in [7, 11) is 0. The highest BCUT2D eigenvalue weighted by Gasteiger charge is 2.13. The number of carbonyl (C=O) groups excluding carboxylic acids is 1. The van der Waals surface area contributed by atoms with Gasteiger partial charge in [0, 0.05) is 43.6 Å². The zero-order valence-electron chi connectivity index (χ0n) is 16.8. The van der Waals surface area contributed by atoms with Crippen LogP contribution in [0.3, 0.4) is 0 Å². The van der Waals surface area contributed by atoms with E-state index in [2.05, 4.69) is 37.7 Å². The van der Waals surface area contributed by atoms with Gasteiger partial charge in [0.2, 0.25) is 5.95 Å². The van der Waals surface area contributed by atoms with Gasteiger partial charge < -0.3 is 20.9 Å². The molecule has 150 valence electrons. The molecule has 0 bridgehead atoms. The van der Waals surface area contributed by atoms with Crippen LogP contribution < -0.4 is 20.9 Å². The van der Waals surface area contributed by atoms with Crippen molar-refractivity contribution in [2.75, 3.05) is 41.7 Å². The second-order valence-corrected chi connectivity index (χ2v) is 7.06. The van der Waals surface area contributed by atoms with Gasteiger partial charge in [-0.05, 0) is 44.2 Å². The van der Waals surface area contributed by atoms with E-state index in [-0.39, 0.29) is 6.03 Å². The first-order valence-electron chi connectivity index (χ1n) is 10.1. The molecule has 3 rings (SSSR count). The minimum Gasteiger partial charge on any atom is -0.356 e. The minimum atomic E-state index is -0.207. The van der Waals surface area contributed by atoms with E-state index in [1.165, 1.54) is 19.3 Å². The second kappa shape index (κ2) is 9.92. The molecule has 1 fully saturated rings. The van der Waals surface area contributed by atoms with Crippen molar-refractivity contribution >= 4 is 23.5 Å². The number of carbonyl (C=O) groups is 1. The number of anilines is 3. The molecule has 1 aliphatic rings. The molecule has 28 heavy (non-hydrogen) atoms. The molecular formula is C21H30N6O. The van der Waals surface area contributed by atoms with E-state index in [4.69, 9.17) is 0 Å². The molecule has 7 heteroatoms. The first-order chi connectivity index (χ1) is 13.7. The van der Waals surface area contributed by atoms with Gasteiger partial charge in [-0.2, -0.15) is 4.98 Å². The number of aryl methyl sites for hydroxylation is 2. The summed E-state index contributed by atoms with van der Waals surface area (Å²) >= 11 is 0. The van der Waals surface area contributed by atoms with Crippen LogP contribution in [0.1, 0.15) is 37.4 Å². The molecular weight excluding hydrogens is 352 g/mol. The minimum absolute atomic E-state index is 0.207. The molecule has 2 aromatic rings. The lowest BCUT2D eigenvalue weighted by atomic mass is 10.1. The zero-order chi connectivity index (χ0) is 19.8. The predicted molar refractivity (Wildman–Crippen MR) is 114 cm³/mol. The summed E-state index contributed by atoms with van der Waals surface area (Å²) in [5, 5.41) is 8.99. The predicted octanol–water partition coefficient (Wildman–Crippen LogP) is 3.57. The lowest BCUT2D eigenvalue weighted by molar-refractivity contribution is 0.252. The Morgan fingerprint density at radius 2 is 1.89 bits per heavy atom. The Morgan fingerprint density at radius 3 is 2.68 bits per heavy atom. The highest BCUT2D eigenvalue weighted by molar-refractivity contribution is 5.90. The standard InChI is InChI=1S/C21H30N6O/c1-3-17-9-5-6-10-18(17)25-21(28)23-12-11-22-20-24-16(2)15-19(26-20)27-13-7-4-8-14-27/h5-6,9-10,15H,3-4,7-8,11-14H2,1-2H3,(H,22,24,26)(H2,23,25,28). The SMILES string of the molecule is CCc1ccccc1NC(=O)NCCNc1nc(C)cc(N2CCCCC2)n1. The van der Waals surface area contributed by atoms with E-state index in [1.807, 2.05) is 37.3 Å². The van der Waals surface area contributed by atoms with E-state index in [9.17, 15) is 4.79 Å². The highest BCUT2D eigenvalue weighted by Crippen LogP contribution is 2.19. The number of benzene rings is 1. The van der Waals surface area contributed by atoms with Crippen molar-refractivity contribution in [2.24, 2.45) is 0 Å². The summed E-state index contributed by atoms with van der Waals surface area (Å²) < 4.78 is 0. The Morgan fingerprint density at radius 1 is 1.11 bits per heavy atom. The molecule has 2 heterocycles. The number of hydrogen-bond donors (Lipinski definition) is 3. The number of aromatic nitrogens is 2. The largest absolute Gasteiger partial charge is 0.356 e. The Kier molecular flexibility index (Phi) is 7.06. The molecule has 1 aromatic carbocycles. The van der Waals surface area contributed by atoms with Crippen LogP contribution >= 0.6 is 0 Å². The average molecular weight is 383 g/mol. The van der Waals surface area contributed by atoms with E-state index in [1.54, 1.807) is 0 Å². The Labute approximate surface area is 167 Å². The van der Waals surface area contributed by atoms with Gasteiger partial charge in [0.25, 0.3) is 0 Å². The zero-order valence-corrected chi connectivity index (χ0v) is 16.8. The number of piperidine rings is 1. The molecule has 3 N–H and O–H groups in total. The first-order valence-corrected chi connectivity index (χ1v) is 10.1. The Hall–Kier alpha value is -2.83. The van der Waals surface area contributed by atoms with Crippen LogP contribution in [0.2, 0.25) is 0 Å². The third-order valence-corrected chi connectivity index (χ3v) is 4.86. The monoisotopic (exact) mass is 382 g/mol. The topological polar surface area (TPSA) is 82.2 Å². The van der Waals surface area contributed by atoms with Gasteiger partial charge in [-0.3, -0.25) is 0 Å². The molecule has 1 aliphatic heterocycles. The molecule has 1 aromatic heterocycles. The lowest BCUT2D eigenvalue weighted by Gasteiger charge is -2.28. The van der Waals surface area contributed by atoms with E-state index >= 15 is 0 Å². The number of nitrogens with one attached hydrogen (secondary N) is 3. The molecule has 0 atom stereocenters. The number of amides is 2. The van der Waals surface area contributed by atoms with Crippen LogP contribution in [0.25, 0.3) is 0 Å². The third kappa shape index (κ3) is 5.58. The summed E-state index contributed by atoms with van der Waals surface area (Å²) in [6, 6.07) is 9.66. The van der Waals surface area contributed by atoms with Gasteiger partial charge >= 0.3 is 6.03 Å². The molecule has 0 aliphatic carbocycles. The van der Waals surface area contributed by atoms with Crippen molar-refractivity contribution in [2.45, 2.75) is 39.5 Å². The maximum Gasteiger partial charge on any atom is 0.319 e. The van der Waals surface area contributed by atoms with Crippen LogP contribution in [0.4, 0.5) is 22.2 Å².